The predicted octanol–water partition coefficient (Wildman–Crippen LogP) is -0.222. The van der Waals surface area contributed by atoms with E-state index in [1.165, 1.54) is 4.88 Å². The van der Waals surface area contributed by atoms with E-state index in [1.54, 1.807) is 11.3 Å². The maximum Gasteiger partial charge on any atom is 0.275 e. The number of hydrogen-bond donors (Lipinski definition) is 3. The van der Waals surface area contributed by atoms with Gasteiger partial charge in [0, 0.05) is 6.54 Å². The Balaban J connectivity index is 2.26. The van der Waals surface area contributed by atoms with Crippen molar-refractivity contribution in [2.75, 3.05) is 26.7 Å². The molecule has 0 radical (unpaired) electrons. The van der Waals surface area contributed by atoms with Crippen molar-refractivity contribution in [1.82, 2.24) is 10.6 Å². The first-order valence-electron chi connectivity index (χ1n) is 6.10. The number of hydrogen-bond acceptors (Lipinski definition) is 3. The Morgan fingerprint density at radius 1 is 1.32 bits per heavy atom. The summed E-state index contributed by atoms with van der Waals surface area (Å²) in [4.78, 5) is 25.1. The minimum atomic E-state index is -0.157. The van der Waals surface area contributed by atoms with E-state index >= 15 is 0 Å². The zero-order valence-corrected chi connectivity index (χ0v) is 13.5. The van der Waals surface area contributed by atoms with Crippen LogP contribution in [0.3, 0.4) is 0 Å². The standard InChI is InChI=1S/C12H18BrN3O2S/c1-3-14-11(17)6-15-12(18)8-16(2)7-9-4-5-10(13)19-9/h4-5H,3,6-8H2,1-2H3,(H,14,17)(H,15,18)/p+1. The van der Waals surface area contributed by atoms with Gasteiger partial charge in [0.2, 0.25) is 5.91 Å². The Morgan fingerprint density at radius 2 is 2.05 bits per heavy atom. The molecule has 0 aromatic carbocycles. The van der Waals surface area contributed by atoms with Crippen molar-refractivity contribution >= 4 is 39.1 Å². The minimum Gasteiger partial charge on any atom is -0.355 e. The molecule has 1 atom stereocenters. The lowest BCUT2D eigenvalue weighted by Crippen LogP contribution is -3.08. The third kappa shape index (κ3) is 6.70. The van der Waals surface area contributed by atoms with Gasteiger partial charge in [-0.25, -0.2) is 0 Å². The zero-order valence-electron chi connectivity index (χ0n) is 11.1. The van der Waals surface area contributed by atoms with Crippen molar-refractivity contribution in [2.45, 2.75) is 13.5 Å². The molecule has 0 saturated carbocycles. The van der Waals surface area contributed by atoms with Gasteiger partial charge >= 0.3 is 0 Å². The minimum absolute atomic E-state index is 0.0461. The van der Waals surface area contributed by atoms with E-state index in [1.807, 2.05) is 26.1 Å². The molecule has 2 amide bonds. The van der Waals surface area contributed by atoms with Crippen LogP contribution in [0, 0.1) is 0 Å². The van der Waals surface area contributed by atoms with Gasteiger partial charge in [0.1, 0.15) is 6.54 Å². The molecule has 1 aromatic heterocycles. The zero-order chi connectivity index (χ0) is 14.3. The number of rotatable bonds is 7. The third-order valence-corrected chi connectivity index (χ3v) is 4.01. The van der Waals surface area contributed by atoms with Crippen LogP contribution in [0.4, 0.5) is 0 Å². The van der Waals surface area contributed by atoms with Gasteiger partial charge in [0.05, 0.1) is 22.3 Å². The summed E-state index contributed by atoms with van der Waals surface area (Å²) >= 11 is 5.08. The van der Waals surface area contributed by atoms with E-state index in [0.717, 1.165) is 15.2 Å². The van der Waals surface area contributed by atoms with Crippen LogP contribution in [-0.4, -0.2) is 38.5 Å². The van der Waals surface area contributed by atoms with E-state index < -0.39 is 0 Å². The molecule has 1 unspecified atom stereocenters. The van der Waals surface area contributed by atoms with E-state index in [-0.39, 0.29) is 18.4 Å². The topological polar surface area (TPSA) is 62.6 Å². The molecular formula is C12H19BrN3O2S+. The molecule has 106 valence electrons. The van der Waals surface area contributed by atoms with Crippen LogP contribution in [0.1, 0.15) is 11.8 Å². The van der Waals surface area contributed by atoms with Gasteiger partial charge in [-0.15, -0.1) is 11.3 Å². The van der Waals surface area contributed by atoms with Gasteiger partial charge in [0.15, 0.2) is 6.54 Å². The molecule has 1 aromatic rings. The first-order valence-corrected chi connectivity index (χ1v) is 7.71. The van der Waals surface area contributed by atoms with Crippen LogP contribution in [0.25, 0.3) is 0 Å². The van der Waals surface area contributed by atoms with Crippen LogP contribution in [0.2, 0.25) is 0 Å². The van der Waals surface area contributed by atoms with Crippen LogP contribution in [0.15, 0.2) is 15.9 Å². The number of nitrogens with one attached hydrogen (secondary N) is 3. The van der Waals surface area contributed by atoms with Gasteiger partial charge in [-0.1, -0.05) is 0 Å². The fourth-order valence-corrected chi connectivity index (χ4v) is 3.18. The summed E-state index contributed by atoms with van der Waals surface area (Å²) in [5.74, 6) is -0.268. The summed E-state index contributed by atoms with van der Waals surface area (Å²) in [6.07, 6.45) is 0. The Hall–Kier alpha value is -0.920. The third-order valence-electron chi connectivity index (χ3n) is 2.39. The lowest BCUT2D eigenvalue weighted by Gasteiger charge is -2.12. The quantitative estimate of drug-likeness (QED) is 0.637. The summed E-state index contributed by atoms with van der Waals surface area (Å²) < 4.78 is 1.09. The van der Waals surface area contributed by atoms with Crippen molar-refractivity contribution in [3.05, 3.63) is 20.8 Å². The predicted molar refractivity (Wildman–Crippen MR) is 79.2 cm³/mol. The highest BCUT2D eigenvalue weighted by Crippen LogP contribution is 2.20. The lowest BCUT2D eigenvalue weighted by molar-refractivity contribution is -0.885. The molecule has 0 aliphatic rings. The number of amides is 2. The molecule has 1 rings (SSSR count). The SMILES string of the molecule is CCNC(=O)CNC(=O)C[NH+](C)Cc1ccc(Br)s1. The highest BCUT2D eigenvalue weighted by molar-refractivity contribution is 9.11. The molecule has 0 spiro atoms. The van der Waals surface area contributed by atoms with E-state index in [0.29, 0.717) is 13.1 Å². The summed E-state index contributed by atoms with van der Waals surface area (Å²) in [5, 5.41) is 5.24. The van der Waals surface area contributed by atoms with Crippen LogP contribution < -0.4 is 15.5 Å². The van der Waals surface area contributed by atoms with E-state index in [2.05, 4.69) is 26.6 Å². The molecule has 0 aliphatic carbocycles. The van der Waals surface area contributed by atoms with E-state index in [9.17, 15) is 9.59 Å². The molecule has 1 heterocycles. The van der Waals surface area contributed by atoms with Crippen molar-refractivity contribution in [2.24, 2.45) is 0 Å². The number of carbonyl (C=O) groups is 2. The molecule has 19 heavy (non-hydrogen) atoms. The number of halogens is 1. The molecule has 7 heteroatoms. The van der Waals surface area contributed by atoms with Crippen LogP contribution in [-0.2, 0) is 16.1 Å². The second-order valence-electron chi connectivity index (χ2n) is 4.25. The van der Waals surface area contributed by atoms with Crippen molar-refractivity contribution < 1.29 is 14.5 Å². The van der Waals surface area contributed by atoms with Gasteiger partial charge in [-0.2, -0.15) is 0 Å². The maximum atomic E-state index is 11.6. The van der Waals surface area contributed by atoms with E-state index in [4.69, 9.17) is 0 Å². The lowest BCUT2D eigenvalue weighted by atomic mass is 10.4. The van der Waals surface area contributed by atoms with Gasteiger partial charge in [-0.3, -0.25) is 9.59 Å². The summed E-state index contributed by atoms with van der Waals surface area (Å²) in [5.41, 5.74) is 0. The van der Waals surface area contributed by atoms with Crippen molar-refractivity contribution in [3.8, 4) is 0 Å². The normalized spacial score (nSPS) is 11.9. The number of carbonyl (C=O) groups excluding carboxylic acids is 2. The summed E-state index contributed by atoms with van der Waals surface area (Å²) in [6.45, 7) is 3.62. The largest absolute Gasteiger partial charge is 0.355 e. The number of thiophene rings is 1. The molecular weight excluding hydrogens is 330 g/mol. The smallest absolute Gasteiger partial charge is 0.275 e. The molecule has 3 N–H and O–H groups in total. The fourth-order valence-electron chi connectivity index (χ4n) is 1.58. The Bertz CT molecular complexity index is 436. The second-order valence-corrected chi connectivity index (χ2v) is 6.79. The molecule has 0 bridgehead atoms. The fraction of sp³-hybridized carbons (Fsp3) is 0.500. The van der Waals surface area contributed by atoms with Gasteiger partial charge < -0.3 is 15.5 Å². The van der Waals surface area contributed by atoms with Crippen LogP contribution in [0.5, 0.6) is 0 Å². The first kappa shape index (κ1) is 16.1. The highest BCUT2D eigenvalue weighted by atomic mass is 79.9. The van der Waals surface area contributed by atoms with Crippen molar-refractivity contribution in [1.29, 1.82) is 0 Å². The summed E-state index contributed by atoms with van der Waals surface area (Å²) in [6, 6.07) is 4.05. The Labute approximate surface area is 125 Å². The molecule has 5 nitrogen and oxygen atoms in total. The van der Waals surface area contributed by atoms with Gasteiger partial charge in [-0.05, 0) is 35.0 Å². The highest BCUT2D eigenvalue weighted by Gasteiger charge is 2.12. The number of likely N-dealkylation sites (N-methyl/N-ethyl adjacent to an activating group) is 2. The Morgan fingerprint density at radius 3 is 2.63 bits per heavy atom. The average molecular weight is 349 g/mol. The van der Waals surface area contributed by atoms with Crippen LogP contribution >= 0.6 is 27.3 Å². The summed E-state index contributed by atoms with van der Waals surface area (Å²) in [7, 11) is 1.96. The maximum absolute atomic E-state index is 11.6. The monoisotopic (exact) mass is 348 g/mol. The van der Waals surface area contributed by atoms with Gasteiger partial charge in [0.25, 0.3) is 5.91 Å². The number of quaternary nitrogens is 1. The first-order chi connectivity index (χ1) is 9.01. The van der Waals surface area contributed by atoms with Crippen molar-refractivity contribution in [3.63, 3.8) is 0 Å². The Kier molecular flexibility index (Phi) is 7.04. The average Bonchev–Trinajstić information content (AvgIpc) is 2.72. The second kappa shape index (κ2) is 8.29. The molecule has 0 aliphatic heterocycles. The molecule has 0 saturated heterocycles. The molecule has 0 fully saturated rings.